The number of aromatic nitrogens is 2. The summed E-state index contributed by atoms with van der Waals surface area (Å²) < 4.78 is 7.39. The van der Waals surface area contributed by atoms with Gasteiger partial charge in [0.15, 0.2) is 0 Å². The van der Waals surface area contributed by atoms with Gasteiger partial charge in [-0.1, -0.05) is 0 Å². The second-order valence-corrected chi connectivity index (χ2v) is 7.63. The van der Waals surface area contributed by atoms with Gasteiger partial charge in [0.1, 0.15) is 5.60 Å². The van der Waals surface area contributed by atoms with Crippen LogP contribution in [0.4, 0.5) is 4.79 Å². The lowest BCUT2D eigenvalue weighted by atomic mass is 10.1. The Balaban J connectivity index is 1.70. The van der Waals surface area contributed by atoms with Gasteiger partial charge in [0.25, 0.3) is 0 Å². The van der Waals surface area contributed by atoms with Crippen LogP contribution in [-0.2, 0) is 11.3 Å². The van der Waals surface area contributed by atoms with Gasteiger partial charge in [0, 0.05) is 44.0 Å². The molecule has 0 spiro atoms. The molecule has 23 heavy (non-hydrogen) atoms. The summed E-state index contributed by atoms with van der Waals surface area (Å²) in [4.78, 5) is 13.9. The highest BCUT2D eigenvalue weighted by Gasteiger charge is 2.29. The standard InChI is InChI=1S/C17H30N4O2/c1-13(2)21-12-15(10-19-21)9-18-8-14-6-7-20(11-14)16(22)23-17(3,4)5/h10,12-14,18H,6-9,11H2,1-5H3. The zero-order chi connectivity index (χ0) is 17.0. The van der Waals surface area contributed by atoms with E-state index in [-0.39, 0.29) is 6.09 Å². The van der Waals surface area contributed by atoms with Crippen molar-refractivity contribution < 1.29 is 9.53 Å². The van der Waals surface area contributed by atoms with Gasteiger partial charge >= 0.3 is 6.09 Å². The molecule has 1 aromatic rings. The summed E-state index contributed by atoms with van der Waals surface area (Å²) in [6.07, 6.45) is 4.82. The van der Waals surface area contributed by atoms with Crippen molar-refractivity contribution in [2.75, 3.05) is 19.6 Å². The summed E-state index contributed by atoms with van der Waals surface area (Å²) >= 11 is 0. The third-order valence-corrected chi connectivity index (χ3v) is 3.88. The molecule has 1 saturated heterocycles. The largest absolute Gasteiger partial charge is 0.444 e. The van der Waals surface area contributed by atoms with Gasteiger partial charge in [-0.05, 0) is 47.0 Å². The van der Waals surface area contributed by atoms with Gasteiger partial charge in [-0.25, -0.2) is 4.79 Å². The first-order chi connectivity index (χ1) is 10.7. The van der Waals surface area contributed by atoms with Crippen LogP contribution in [0.25, 0.3) is 0 Å². The number of ether oxygens (including phenoxy) is 1. The molecule has 0 aliphatic carbocycles. The number of hydrogen-bond donors (Lipinski definition) is 1. The number of amides is 1. The van der Waals surface area contributed by atoms with Gasteiger partial charge in [-0.2, -0.15) is 5.10 Å². The van der Waals surface area contributed by atoms with E-state index in [1.807, 2.05) is 36.5 Å². The highest BCUT2D eigenvalue weighted by molar-refractivity contribution is 5.68. The molecule has 1 unspecified atom stereocenters. The van der Waals surface area contributed by atoms with Crippen molar-refractivity contribution in [3.05, 3.63) is 18.0 Å². The molecule has 0 radical (unpaired) electrons. The highest BCUT2D eigenvalue weighted by Crippen LogP contribution is 2.19. The van der Waals surface area contributed by atoms with Crippen molar-refractivity contribution >= 4 is 6.09 Å². The van der Waals surface area contributed by atoms with E-state index in [2.05, 4.69) is 30.5 Å². The third kappa shape index (κ3) is 5.53. The molecule has 1 fully saturated rings. The Hall–Kier alpha value is -1.56. The Labute approximate surface area is 139 Å². The number of carbonyl (C=O) groups is 1. The van der Waals surface area contributed by atoms with Crippen molar-refractivity contribution in [3.63, 3.8) is 0 Å². The molecule has 2 rings (SSSR count). The third-order valence-electron chi connectivity index (χ3n) is 3.88. The number of rotatable bonds is 5. The average molecular weight is 322 g/mol. The summed E-state index contributed by atoms with van der Waals surface area (Å²) in [7, 11) is 0. The van der Waals surface area contributed by atoms with Gasteiger partial charge in [-0.3, -0.25) is 4.68 Å². The second-order valence-electron chi connectivity index (χ2n) is 7.63. The lowest BCUT2D eigenvalue weighted by Gasteiger charge is -2.24. The SMILES string of the molecule is CC(C)n1cc(CNCC2CCN(C(=O)OC(C)(C)C)C2)cn1. The number of nitrogens with zero attached hydrogens (tertiary/aromatic N) is 3. The topological polar surface area (TPSA) is 59.4 Å². The van der Waals surface area contributed by atoms with Crippen molar-refractivity contribution in [3.8, 4) is 0 Å². The van der Waals surface area contributed by atoms with Gasteiger partial charge in [-0.15, -0.1) is 0 Å². The first-order valence-electron chi connectivity index (χ1n) is 8.46. The molecule has 2 heterocycles. The van der Waals surface area contributed by atoms with Gasteiger partial charge in [0.2, 0.25) is 0 Å². The maximum absolute atomic E-state index is 12.0. The van der Waals surface area contributed by atoms with Crippen LogP contribution in [-0.4, -0.2) is 46.0 Å². The molecule has 1 atom stereocenters. The summed E-state index contributed by atoms with van der Waals surface area (Å²) in [5.41, 5.74) is 0.768. The molecular formula is C17H30N4O2. The predicted octanol–water partition coefficient (Wildman–Crippen LogP) is 2.81. The number of carbonyl (C=O) groups excluding carboxylic acids is 1. The molecule has 0 bridgehead atoms. The normalized spacial score (nSPS) is 18.7. The van der Waals surface area contributed by atoms with E-state index in [1.165, 1.54) is 5.56 Å². The molecule has 6 nitrogen and oxygen atoms in total. The average Bonchev–Trinajstić information content (AvgIpc) is 3.05. The number of nitrogens with one attached hydrogen (secondary N) is 1. The Bertz CT molecular complexity index is 519. The van der Waals surface area contributed by atoms with Crippen LogP contribution < -0.4 is 5.32 Å². The van der Waals surface area contributed by atoms with E-state index >= 15 is 0 Å². The maximum Gasteiger partial charge on any atom is 0.410 e. The predicted molar refractivity (Wildman–Crippen MR) is 90.2 cm³/mol. The molecule has 1 aliphatic rings. The van der Waals surface area contributed by atoms with Crippen LogP contribution in [0.2, 0.25) is 0 Å². The minimum atomic E-state index is -0.427. The van der Waals surface area contributed by atoms with E-state index < -0.39 is 5.60 Å². The molecule has 1 amide bonds. The van der Waals surface area contributed by atoms with Crippen molar-refractivity contribution in [2.24, 2.45) is 5.92 Å². The minimum Gasteiger partial charge on any atom is -0.444 e. The van der Waals surface area contributed by atoms with Crippen LogP contribution >= 0.6 is 0 Å². The van der Waals surface area contributed by atoms with Gasteiger partial charge in [0.05, 0.1) is 6.20 Å². The summed E-state index contributed by atoms with van der Waals surface area (Å²) in [6, 6.07) is 0.390. The zero-order valence-electron chi connectivity index (χ0n) is 15.0. The second kappa shape index (κ2) is 7.34. The van der Waals surface area contributed by atoms with Crippen LogP contribution in [0.3, 0.4) is 0 Å². The molecule has 1 aliphatic heterocycles. The Morgan fingerprint density at radius 1 is 1.48 bits per heavy atom. The summed E-state index contributed by atoms with van der Waals surface area (Å²) in [5.74, 6) is 0.489. The molecular weight excluding hydrogens is 292 g/mol. The number of likely N-dealkylation sites (tertiary alicyclic amines) is 1. The highest BCUT2D eigenvalue weighted by atomic mass is 16.6. The smallest absolute Gasteiger partial charge is 0.410 e. The molecule has 1 N–H and O–H groups in total. The van der Waals surface area contributed by atoms with E-state index in [4.69, 9.17) is 4.74 Å². The Morgan fingerprint density at radius 3 is 2.83 bits per heavy atom. The molecule has 130 valence electrons. The van der Waals surface area contributed by atoms with Crippen LogP contribution in [0.15, 0.2) is 12.4 Å². The fourth-order valence-corrected chi connectivity index (χ4v) is 2.66. The first kappa shape index (κ1) is 17.8. The minimum absolute atomic E-state index is 0.196. The molecule has 6 heteroatoms. The number of hydrogen-bond acceptors (Lipinski definition) is 4. The first-order valence-corrected chi connectivity index (χ1v) is 8.46. The molecule has 0 saturated carbocycles. The molecule has 0 aromatic carbocycles. The maximum atomic E-state index is 12.0. The van der Waals surface area contributed by atoms with Crippen LogP contribution in [0.1, 0.15) is 52.6 Å². The van der Waals surface area contributed by atoms with Crippen molar-refractivity contribution in [2.45, 2.75) is 59.2 Å². The lowest BCUT2D eigenvalue weighted by molar-refractivity contribution is 0.0288. The zero-order valence-corrected chi connectivity index (χ0v) is 15.0. The van der Waals surface area contributed by atoms with E-state index in [0.717, 1.165) is 32.6 Å². The lowest BCUT2D eigenvalue weighted by Crippen LogP contribution is -2.36. The fraction of sp³-hybridized carbons (Fsp3) is 0.765. The van der Waals surface area contributed by atoms with Crippen molar-refractivity contribution in [1.82, 2.24) is 20.0 Å². The summed E-state index contributed by atoms with van der Waals surface area (Å²) in [6.45, 7) is 13.2. The Kier molecular flexibility index (Phi) is 5.68. The van der Waals surface area contributed by atoms with E-state index in [0.29, 0.717) is 12.0 Å². The Morgan fingerprint density at radius 2 is 2.22 bits per heavy atom. The van der Waals surface area contributed by atoms with Gasteiger partial charge < -0.3 is 15.0 Å². The van der Waals surface area contributed by atoms with Crippen LogP contribution in [0, 0.1) is 5.92 Å². The van der Waals surface area contributed by atoms with Crippen molar-refractivity contribution in [1.29, 1.82) is 0 Å². The van der Waals surface area contributed by atoms with E-state index in [9.17, 15) is 4.79 Å². The quantitative estimate of drug-likeness (QED) is 0.905. The fourth-order valence-electron chi connectivity index (χ4n) is 2.66. The summed E-state index contributed by atoms with van der Waals surface area (Å²) in [5, 5.41) is 7.81. The van der Waals surface area contributed by atoms with E-state index in [1.54, 1.807) is 0 Å². The van der Waals surface area contributed by atoms with Crippen LogP contribution in [0.5, 0.6) is 0 Å². The monoisotopic (exact) mass is 322 g/mol. The molecule has 1 aromatic heterocycles.